The fourth-order valence-electron chi connectivity index (χ4n) is 2.79. The summed E-state index contributed by atoms with van der Waals surface area (Å²) in [6, 6.07) is 6.40. The Bertz CT molecular complexity index is 564. The molecule has 2 N–H and O–H groups in total. The Morgan fingerprint density at radius 2 is 2.08 bits per heavy atom. The second kappa shape index (κ2) is 10.6. The third kappa shape index (κ3) is 6.95. The van der Waals surface area contributed by atoms with Gasteiger partial charge in [-0.3, -0.25) is 0 Å². The molecular formula is C18H34NO4P3. The molecular weight excluding hydrogens is 387 g/mol. The Morgan fingerprint density at radius 1 is 1.35 bits per heavy atom. The summed E-state index contributed by atoms with van der Waals surface area (Å²) >= 11 is 0. The topological polar surface area (TPSA) is 60.0 Å². The number of benzene rings is 1. The predicted octanol–water partition coefficient (Wildman–Crippen LogP) is 2.79. The molecule has 1 aromatic carbocycles. The summed E-state index contributed by atoms with van der Waals surface area (Å²) in [6.45, 7) is 11.6. The summed E-state index contributed by atoms with van der Waals surface area (Å²) in [5.41, 5.74) is 1.17. The van der Waals surface area contributed by atoms with Crippen LogP contribution in [0.15, 0.2) is 18.2 Å². The van der Waals surface area contributed by atoms with Crippen LogP contribution in [0.1, 0.15) is 12.5 Å². The van der Waals surface area contributed by atoms with Crippen molar-refractivity contribution in [2.45, 2.75) is 25.6 Å². The molecule has 0 aliphatic carbocycles. The third-order valence-electron chi connectivity index (χ3n) is 3.96. The van der Waals surface area contributed by atoms with E-state index < -0.39 is 7.49 Å². The summed E-state index contributed by atoms with van der Waals surface area (Å²) < 4.78 is 18.0. The molecule has 1 heterocycles. The van der Waals surface area contributed by atoms with Crippen LogP contribution < -0.4 is 15.1 Å². The number of nitrogens with one attached hydrogen (secondary N) is 1. The number of aliphatic hydroxyl groups is 1. The van der Waals surface area contributed by atoms with Gasteiger partial charge in [0.2, 0.25) is 0 Å². The molecule has 1 aromatic rings. The number of hydrogen-bond acceptors (Lipinski definition) is 5. The quantitative estimate of drug-likeness (QED) is 0.538. The molecule has 1 aliphatic heterocycles. The molecule has 0 aromatic heterocycles. The van der Waals surface area contributed by atoms with Crippen molar-refractivity contribution in [2.24, 2.45) is 0 Å². The third-order valence-corrected chi connectivity index (χ3v) is 7.58. The van der Waals surface area contributed by atoms with Crippen LogP contribution in [0.4, 0.5) is 0 Å². The van der Waals surface area contributed by atoms with Crippen LogP contribution in [0.2, 0.25) is 0 Å². The molecule has 5 nitrogen and oxygen atoms in total. The first-order valence-corrected chi connectivity index (χ1v) is 15.8. The molecule has 3 atom stereocenters. The van der Waals surface area contributed by atoms with Crippen LogP contribution in [0, 0.1) is 0 Å². The second-order valence-electron chi connectivity index (χ2n) is 7.57. The van der Waals surface area contributed by atoms with Gasteiger partial charge in [0, 0.05) is 0 Å². The number of aliphatic hydroxyl groups excluding tert-OH is 1. The summed E-state index contributed by atoms with van der Waals surface area (Å²) in [6.07, 6.45) is 2.32. The van der Waals surface area contributed by atoms with E-state index in [2.05, 4.69) is 49.9 Å². The number of ether oxygens (including phenoxy) is 2. The van der Waals surface area contributed by atoms with Gasteiger partial charge in [0.05, 0.1) is 0 Å². The van der Waals surface area contributed by atoms with Crippen molar-refractivity contribution < 1.29 is 19.1 Å². The Morgan fingerprint density at radius 3 is 2.62 bits per heavy atom. The summed E-state index contributed by atoms with van der Waals surface area (Å²) in [7, 11) is -1.25. The van der Waals surface area contributed by atoms with Crippen molar-refractivity contribution in [3.8, 4) is 5.75 Å². The molecule has 1 fully saturated rings. The van der Waals surface area contributed by atoms with Crippen molar-refractivity contribution >= 4 is 29.4 Å². The molecule has 150 valence electrons. The van der Waals surface area contributed by atoms with Gasteiger partial charge in [0.25, 0.3) is 0 Å². The van der Waals surface area contributed by atoms with Crippen LogP contribution in [-0.2, 0) is 15.7 Å². The predicted molar refractivity (Wildman–Crippen MR) is 118 cm³/mol. The normalized spacial score (nSPS) is 18.7. The van der Waals surface area contributed by atoms with Gasteiger partial charge in [0.15, 0.2) is 0 Å². The molecule has 8 heteroatoms. The minimum absolute atomic E-state index is 0.00947. The fourth-order valence-corrected chi connectivity index (χ4v) is 5.82. The Labute approximate surface area is 161 Å². The summed E-state index contributed by atoms with van der Waals surface area (Å²) in [4.78, 5) is 0. The summed E-state index contributed by atoms with van der Waals surface area (Å²) in [5, 5.41) is 14.2. The van der Waals surface area contributed by atoms with E-state index in [-0.39, 0.29) is 26.7 Å². The Balaban J connectivity index is 2.26. The van der Waals surface area contributed by atoms with Gasteiger partial charge in [-0.1, -0.05) is 0 Å². The molecule has 0 bridgehead atoms. The first-order valence-electron chi connectivity index (χ1n) is 9.13. The standard InChI is InChI=1S/C18H34NO4P3/c1-14(11-20)22-18-15(7-6-8-17(18)25-12-21-13-25)9-16(10-19-24-2)23-26(3,4)5/h6-8,14,16,19-20,24,26H,9-13H2,1-5H3/t14-,16?/m1/s1. The van der Waals surface area contributed by atoms with Gasteiger partial charge in [-0.15, -0.1) is 0 Å². The number of hydrogen-bond donors (Lipinski definition) is 2. The average Bonchev–Trinajstić information content (AvgIpc) is 2.52. The van der Waals surface area contributed by atoms with Crippen molar-refractivity contribution in [2.75, 3.05) is 52.5 Å². The van der Waals surface area contributed by atoms with E-state index in [0.29, 0.717) is 8.73 Å². The van der Waals surface area contributed by atoms with Gasteiger partial charge in [-0.05, 0) is 0 Å². The van der Waals surface area contributed by atoms with E-state index in [1.807, 2.05) is 6.92 Å². The molecule has 2 rings (SSSR count). The van der Waals surface area contributed by atoms with Crippen LogP contribution in [0.25, 0.3) is 0 Å². The molecule has 2 unspecified atom stereocenters. The molecule has 0 radical (unpaired) electrons. The Hall–Kier alpha value is 0.150. The van der Waals surface area contributed by atoms with Gasteiger partial charge >= 0.3 is 161 Å². The van der Waals surface area contributed by atoms with Crippen molar-refractivity contribution in [3.63, 3.8) is 0 Å². The van der Waals surface area contributed by atoms with E-state index in [4.69, 9.17) is 14.0 Å². The van der Waals surface area contributed by atoms with E-state index in [1.54, 1.807) is 0 Å². The van der Waals surface area contributed by atoms with Crippen LogP contribution in [-0.4, -0.2) is 69.8 Å². The van der Waals surface area contributed by atoms with Crippen molar-refractivity contribution in [1.29, 1.82) is 0 Å². The van der Waals surface area contributed by atoms with Gasteiger partial charge < -0.3 is 0 Å². The van der Waals surface area contributed by atoms with Crippen molar-refractivity contribution in [1.82, 2.24) is 5.09 Å². The fraction of sp³-hybridized carbons (Fsp3) is 0.667. The van der Waals surface area contributed by atoms with Crippen LogP contribution in [0.3, 0.4) is 0 Å². The maximum atomic E-state index is 9.47. The molecule has 1 saturated heterocycles. The molecule has 1 aliphatic rings. The molecule has 26 heavy (non-hydrogen) atoms. The van der Waals surface area contributed by atoms with Gasteiger partial charge in [-0.2, -0.15) is 0 Å². The zero-order valence-electron chi connectivity index (χ0n) is 16.5. The number of para-hydroxylation sites is 1. The first kappa shape index (κ1) is 22.4. The van der Waals surface area contributed by atoms with E-state index in [1.165, 1.54) is 10.9 Å². The van der Waals surface area contributed by atoms with Crippen molar-refractivity contribution in [3.05, 3.63) is 23.8 Å². The average molecular weight is 421 g/mol. The zero-order chi connectivity index (χ0) is 19.2. The van der Waals surface area contributed by atoms with Crippen LogP contribution in [0.5, 0.6) is 5.75 Å². The monoisotopic (exact) mass is 421 g/mol. The minimum atomic E-state index is -1.65. The molecule has 0 spiro atoms. The van der Waals surface area contributed by atoms with E-state index in [0.717, 1.165) is 31.4 Å². The molecule has 0 amide bonds. The van der Waals surface area contributed by atoms with Gasteiger partial charge in [0.1, 0.15) is 0 Å². The SMILES string of the molecule is CPNCC(Cc1cccc(P2COC2)c1O[C@H](C)CO)O[PH](C)(C)C. The molecule has 0 saturated carbocycles. The first-order chi connectivity index (χ1) is 12.3. The van der Waals surface area contributed by atoms with E-state index in [9.17, 15) is 5.11 Å². The second-order valence-corrected chi connectivity index (χ2v) is 15.0. The maximum absolute atomic E-state index is 9.47. The summed E-state index contributed by atoms with van der Waals surface area (Å²) in [5.74, 6) is 0.937. The Kier molecular flexibility index (Phi) is 9.17. The van der Waals surface area contributed by atoms with Gasteiger partial charge in [-0.25, -0.2) is 0 Å². The number of rotatable bonds is 11. The van der Waals surface area contributed by atoms with E-state index >= 15 is 0 Å². The van der Waals surface area contributed by atoms with Crippen LogP contribution >= 0.6 is 24.1 Å². The zero-order valence-corrected chi connectivity index (χ0v) is 19.4.